The van der Waals surface area contributed by atoms with Gasteiger partial charge < -0.3 is 10.1 Å². The van der Waals surface area contributed by atoms with E-state index in [0.717, 1.165) is 5.69 Å². The standard InChI is InChI=1S/C8H9NO4S/c10-14(11,12)6-1-2-7-8(5-6)13-4-3-9-7/h1-2,5,9H,3-4H2,(H,10,11,12). The molecule has 0 saturated carbocycles. The van der Waals surface area contributed by atoms with E-state index >= 15 is 0 Å². The molecular formula is C8H9NO4S. The van der Waals surface area contributed by atoms with Crippen molar-refractivity contribution in [2.24, 2.45) is 0 Å². The van der Waals surface area contributed by atoms with Gasteiger partial charge in [0.15, 0.2) is 0 Å². The summed E-state index contributed by atoms with van der Waals surface area (Å²) in [5.41, 5.74) is 0.739. The Hall–Kier alpha value is -1.27. The molecule has 2 N–H and O–H groups in total. The topological polar surface area (TPSA) is 75.6 Å². The molecule has 1 aromatic rings. The van der Waals surface area contributed by atoms with Gasteiger partial charge in [-0.2, -0.15) is 8.42 Å². The van der Waals surface area contributed by atoms with Gasteiger partial charge in [0.25, 0.3) is 10.1 Å². The zero-order chi connectivity index (χ0) is 10.2. The van der Waals surface area contributed by atoms with Crippen LogP contribution in [0.2, 0.25) is 0 Å². The van der Waals surface area contributed by atoms with Crippen LogP contribution in [0.25, 0.3) is 0 Å². The minimum absolute atomic E-state index is 0.153. The van der Waals surface area contributed by atoms with Crippen LogP contribution in [0.15, 0.2) is 23.1 Å². The summed E-state index contributed by atoms with van der Waals surface area (Å²) in [5.74, 6) is 0.450. The Bertz CT molecular complexity index is 454. The molecule has 0 aromatic heterocycles. The van der Waals surface area contributed by atoms with Gasteiger partial charge in [-0.1, -0.05) is 0 Å². The predicted molar refractivity (Wildman–Crippen MR) is 50.2 cm³/mol. The minimum atomic E-state index is -4.14. The van der Waals surface area contributed by atoms with E-state index in [0.29, 0.717) is 18.9 Å². The fraction of sp³-hybridized carbons (Fsp3) is 0.250. The highest BCUT2D eigenvalue weighted by molar-refractivity contribution is 7.85. The molecule has 0 aliphatic carbocycles. The maximum absolute atomic E-state index is 10.8. The third-order valence-electron chi connectivity index (χ3n) is 1.93. The second-order valence-electron chi connectivity index (χ2n) is 2.91. The second kappa shape index (κ2) is 3.14. The fourth-order valence-electron chi connectivity index (χ4n) is 1.28. The number of nitrogens with one attached hydrogen (secondary N) is 1. The maximum Gasteiger partial charge on any atom is 0.294 e. The lowest BCUT2D eigenvalue weighted by Gasteiger charge is -2.19. The molecule has 76 valence electrons. The molecule has 1 aliphatic heterocycles. The Morgan fingerprint density at radius 3 is 2.93 bits per heavy atom. The summed E-state index contributed by atoms with van der Waals surface area (Å²) in [7, 11) is -4.14. The molecule has 2 rings (SSSR count). The lowest BCUT2D eigenvalue weighted by Crippen LogP contribution is -2.18. The number of anilines is 1. The van der Waals surface area contributed by atoms with Crippen molar-refractivity contribution in [1.29, 1.82) is 0 Å². The zero-order valence-electron chi connectivity index (χ0n) is 7.23. The monoisotopic (exact) mass is 215 g/mol. The fourth-order valence-corrected chi connectivity index (χ4v) is 1.77. The van der Waals surface area contributed by atoms with E-state index in [1.165, 1.54) is 12.1 Å². The van der Waals surface area contributed by atoms with Crippen LogP contribution in [0.1, 0.15) is 0 Å². The number of hydrogen-bond acceptors (Lipinski definition) is 4. The molecule has 0 radical (unpaired) electrons. The van der Waals surface area contributed by atoms with Crippen molar-refractivity contribution in [2.45, 2.75) is 4.90 Å². The van der Waals surface area contributed by atoms with E-state index in [9.17, 15) is 8.42 Å². The van der Waals surface area contributed by atoms with Gasteiger partial charge in [-0.3, -0.25) is 4.55 Å². The van der Waals surface area contributed by atoms with Gasteiger partial charge in [-0.25, -0.2) is 0 Å². The van der Waals surface area contributed by atoms with E-state index in [1.807, 2.05) is 0 Å². The molecule has 0 amide bonds. The van der Waals surface area contributed by atoms with Gasteiger partial charge in [0.05, 0.1) is 10.6 Å². The number of fused-ring (bicyclic) bond motifs is 1. The molecule has 0 atom stereocenters. The predicted octanol–water partition coefficient (Wildman–Crippen LogP) is 0.738. The van der Waals surface area contributed by atoms with E-state index in [2.05, 4.69) is 5.32 Å². The summed E-state index contributed by atoms with van der Waals surface area (Å²) < 4.78 is 35.6. The molecule has 0 unspecified atom stereocenters. The highest BCUT2D eigenvalue weighted by Crippen LogP contribution is 2.29. The molecule has 1 aliphatic rings. The normalized spacial score (nSPS) is 15.2. The van der Waals surface area contributed by atoms with Gasteiger partial charge in [0.1, 0.15) is 12.4 Å². The van der Waals surface area contributed by atoms with Crippen molar-refractivity contribution in [3.63, 3.8) is 0 Å². The molecule has 1 heterocycles. The minimum Gasteiger partial charge on any atom is -0.490 e. The van der Waals surface area contributed by atoms with E-state index in [-0.39, 0.29) is 4.90 Å². The molecule has 1 aromatic carbocycles. The second-order valence-corrected chi connectivity index (χ2v) is 4.33. The summed E-state index contributed by atoms with van der Waals surface area (Å²) in [6.45, 7) is 1.18. The van der Waals surface area contributed by atoms with Crippen molar-refractivity contribution >= 4 is 15.8 Å². The van der Waals surface area contributed by atoms with Crippen LogP contribution in [0.3, 0.4) is 0 Å². The van der Waals surface area contributed by atoms with Crippen molar-refractivity contribution in [2.75, 3.05) is 18.5 Å². The van der Waals surface area contributed by atoms with Crippen LogP contribution in [0.4, 0.5) is 5.69 Å². The third-order valence-corrected chi connectivity index (χ3v) is 2.78. The summed E-state index contributed by atoms with van der Waals surface area (Å²) in [5, 5.41) is 3.04. The van der Waals surface area contributed by atoms with Crippen LogP contribution in [0.5, 0.6) is 5.75 Å². The lowest BCUT2D eigenvalue weighted by atomic mass is 10.2. The summed E-state index contributed by atoms with van der Waals surface area (Å²) in [6.07, 6.45) is 0. The van der Waals surface area contributed by atoms with Gasteiger partial charge >= 0.3 is 0 Å². The van der Waals surface area contributed by atoms with Crippen molar-refractivity contribution in [3.8, 4) is 5.75 Å². The van der Waals surface area contributed by atoms with Crippen LogP contribution < -0.4 is 10.1 Å². The molecule has 0 spiro atoms. The smallest absolute Gasteiger partial charge is 0.294 e. The maximum atomic E-state index is 10.8. The largest absolute Gasteiger partial charge is 0.490 e. The van der Waals surface area contributed by atoms with E-state index in [4.69, 9.17) is 9.29 Å². The molecule has 6 heteroatoms. The first-order valence-electron chi connectivity index (χ1n) is 4.05. The molecule has 14 heavy (non-hydrogen) atoms. The average Bonchev–Trinajstić information content (AvgIpc) is 2.16. The van der Waals surface area contributed by atoms with Crippen molar-refractivity contribution < 1.29 is 17.7 Å². The Balaban J connectivity index is 2.49. The highest BCUT2D eigenvalue weighted by Gasteiger charge is 2.15. The Morgan fingerprint density at radius 1 is 1.43 bits per heavy atom. The first-order valence-corrected chi connectivity index (χ1v) is 5.49. The summed E-state index contributed by atoms with van der Waals surface area (Å²) >= 11 is 0. The highest BCUT2D eigenvalue weighted by atomic mass is 32.2. The Kier molecular flexibility index (Phi) is 2.09. The van der Waals surface area contributed by atoms with Gasteiger partial charge in [-0.05, 0) is 12.1 Å². The zero-order valence-corrected chi connectivity index (χ0v) is 8.04. The SMILES string of the molecule is O=S(=O)(O)c1ccc2c(c1)OCCN2. The van der Waals surface area contributed by atoms with Gasteiger partial charge in [0.2, 0.25) is 0 Å². The molecule has 0 fully saturated rings. The number of benzene rings is 1. The van der Waals surface area contributed by atoms with Gasteiger partial charge in [0, 0.05) is 12.6 Å². The Labute approximate surface area is 81.4 Å². The molecular weight excluding hydrogens is 206 g/mol. The number of hydrogen-bond donors (Lipinski definition) is 2. The van der Waals surface area contributed by atoms with E-state index in [1.54, 1.807) is 6.07 Å². The van der Waals surface area contributed by atoms with E-state index < -0.39 is 10.1 Å². The van der Waals surface area contributed by atoms with Gasteiger partial charge in [-0.15, -0.1) is 0 Å². The lowest BCUT2D eigenvalue weighted by molar-refractivity contribution is 0.322. The van der Waals surface area contributed by atoms with Crippen LogP contribution in [0, 0.1) is 0 Å². The van der Waals surface area contributed by atoms with Crippen LogP contribution in [-0.4, -0.2) is 26.1 Å². The first kappa shape index (κ1) is 9.29. The number of rotatable bonds is 1. The number of ether oxygens (including phenoxy) is 1. The average molecular weight is 215 g/mol. The van der Waals surface area contributed by atoms with Crippen molar-refractivity contribution in [1.82, 2.24) is 0 Å². The summed E-state index contributed by atoms with van der Waals surface area (Å²) in [4.78, 5) is -0.153. The van der Waals surface area contributed by atoms with Crippen LogP contribution in [-0.2, 0) is 10.1 Å². The molecule has 0 saturated heterocycles. The molecule has 0 bridgehead atoms. The third kappa shape index (κ3) is 1.66. The first-order chi connectivity index (χ1) is 6.57. The Morgan fingerprint density at radius 2 is 2.21 bits per heavy atom. The van der Waals surface area contributed by atoms with Crippen molar-refractivity contribution in [3.05, 3.63) is 18.2 Å². The van der Waals surface area contributed by atoms with Crippen LogP contribution >= 0.6 is 0 Å². The molecule has 5 nitrogen and oxygen atoms in total. The quantitative estimate of drug-likeness (QED) is 0.676. The summed E-state index contributed by atoms with van der Waals surface area (Å²) in [6, 6.07) is 4.20.